The van der Waals surface area contributed by atoms with Gasteiger partial charge in [0.1, 0.15) is 0 Å². The molecule has 0 saturated heterocycles. The second-order valence-corrected chi connectivity index (χ2v) is 2.91. The van der Waals surface area contributed by atoms with Crippen LogP contribution in [0, 0.1) is 0 Å². The zero-order valence-corrected chi connectivity index (χ0v) is 8.53. The lowest BCUT2D eigenvalue weighted by molar-refractivity contribution is 1.15. The molecule has 0 bridgehead atoms. The maximum atomic E-state index is 4.07. The summed E-state index contributed by atoms with van der Waals surface area (Å²) in [6.45, 7) is 8.17. The van der Waals surface area contributed by atoms with Gasteiger partial charge in [0.25, 0.3) is 0 Å². The molecule has 0 aliphatic heterocycles. The molecule has 0 amide bonds. The highest BCUT2D eigenvalue weighted by Gasteiger charge is 1.92. The molecule has 72 valence electrons. The molecule has 0 fully saturated rings. The van der Waals surface area contributed by atoms with Gasteiger partial charge in [-0.3, -0.25) is 4.98 Å². The van der Waals surface area contributed by atoms with Gasteiger partial charge in [-0.1, -0.05) is 25.1 Å². The number of nitrogens with zero attached hydrogens (tertiary/aromatic N) is 1. The van der Waals surface area contributed by atoms with E-state index in [-0.39, 0.29) is 0 Å². The summed E-state index contributed by atoms with van der Waals surface area (Å²) in [6.07, 6.45) is 4.83. The van der Waals surface area contributed by atoms with E-state index in [1.54, 1.807) is 0 Å². The number of fused-ring (bicyclic) bond motifs is 1. The van der Waals surface area contributed by atoms with Crippen molar-refractivity contribution in [2.75, 3.05) is 0 Å². The zero-order chi connectivity index (χ0) is 10.4. The smallest absolute Gasteiger partial charge is 0.0346 e. The number of aromatic nitrogens is 1. The minimum atomic E-state index is 1.10. The Morgan fingerprint density at radius 2 is 1.93 bits per heavy atom. The largest absolute Gasteiger partial charge is 0.264 e. The lowest BCUT2D eigenvalue weighted by Gasteiger charge is -1.99. The van der Waals surface area contributed by atoms with Crippen molar-refractivity contribution in [1.29, 1.82) is 0 Å². The van der Waals surface area contributed by atoms with Crippen LogP contribution in [0.2, 0.25) is 0 Å². The highest BCUT2D eigenvalue weighted by Crippen LogP contribution is 2.14. The van der Waals surface area contributed by atoms with Crippen molar-refractivity contribution in [1.82, 2.24) is 4.98 Å². The lowest BCUT2D eigenvalue weighted by Crippen LogP contribution is -1.80. The SMILES string of the molecule is C=C.CCc1ccc2cnccc2c1. The Hall–Kier alpha value is -1.63. The first kappa shape index (κ1) is 10.5. The molecule has 0 aliphatic rings. The molecule has 0 saturated carbocycles. The molecular weight excluding hydrogens is 170 g/mol. The van der Waals surface area contributed by atoms with Gasteiger partial charge in [-0.05, 0) is 23.4 Å². The Balaban J connectivity index is 0.000000461. The van der Waals surface area contributed by atoms with Crippen LogP contribution in [-0.4, -0.2) is 4.98 Å². The van der Waals surface area contributed by atoms with Gasteiger partial charge in [-0.2, -0.15) is 0 Å². The van der Waals surface area contributed by atoms with E-state index in [9.17, 15) is 0 Å². The summed E-state index contributed by atoms with van der Waals surface area (Å²) in [7, 11) is 0. The third kappa shape index (κ3) is 2.19. The first-order chi connectivity index (χ1) is 6.90. The van der Waals surface area contributed by atoms with Crippen molar-refractivity contribution in [3.8, 4) is 0 Å². The Labute approximate surface area is 85.1 Å². The normalized spacial score (nSPS) is 9.21. The molecule has 0 radical (unpaired) electrons. The fraction of sp³-hybridized carbons (Fsp3) is 0.154. The van der Waals surface area contributed by atoms with Gasteiger partial charge < -0.3 is 0 Å². The molecule has 2 rings (SSSR count). The molecule has 14 heavy (non-hydrogen) atoms. The minimum Gasteiger partial charge on any atom is -0.264 e. The van der Waals surface area contributed by atoms with Gasteiger partial charge in [0.2, 0.25) is 0 Å². The van der Waals surface area contributed by atoms with E-state index in [4.69, 9.17) is 0 Å². The topological polar surface area (TPSA) is 12.9 Å². The molecule has 1 aromatic carbocycles. The summed E-state index contributed by atoms with van der Waals surface area (Å²) in [4.78, 5) is 4.07. The molecule has 2 aromatic rings. The van der Waals surface area contributed by atoms with Crippen LogP contribution in [0.4, 0.5) is 0 Å². The highest BCUT2D eigenvalue weighted by molar-refractivity contribution is 5.81. The third-order valence-electron chi connectivity index (χ3n) is 2.11. The molecule has 0 N–H and O–H groups in total. The van der Waals surface area contributed by atoms with E-state index in [1.165, 1.54) is 16.3 Å². The minimum absolute atomic E-state index is 1.10. The summed E-state index contributed by atoms with van der Waals surface area (Å²) in [5.41, 5.74) is 1.38. The van der Waals surface area contributed by atoms with Crippen LogP contribution in [0.25, 0.3) is 10.8 Å². The van der Waals surface area contributed by atoms with Crippen molar-refractivity contribution in [3.05, 3.63) is 55.4 Å². The number of rotatable bonds is 1. The number of benzene rings is 1. The molecule has 0 spiro atoms. The average molecular weight is 185 g/mol. The summed E-state index contributed by atoms with van der Waals surface area (Å²) < 4.78 is 0. The molecule has 1 nitrogen and oxygen atoms in total. The average Bonchev–Trinajstić information content (AvgIpc) is 2.31. The van der Waals surface area contributed by atoms with Gasteiger partial charge in [0.15, 0.2) is 0 Å². The van der Waals surface area contributed by atoms with Crippen LogP contribution >= 0.6 is 0 Å². The monoisotopic (exact) mass is 185 g/mol. The molecule has 1 heterocycles. The van der Waals surface area contributed by atoms with Crippen LogP contribution in [0.1, 0.15) is 12.5 Å². The summed E-state index contributed by atoms with van der Waals surface area (Å²) >= 11 is 0. The maximum Gasteiger partial charge on any atom is 0.0346 e. The zero-order valence-electron chi connectivity index (χ0n) is 8.53. The quantitative estimate of drug-likeness (QED) is 0.618. The Morgan fingerprint density at radius 3 is 2.64 bits per heavy atom. The van der Waals surface area contributed by atoms with Gasteiger partial charge in [0, 0.05) is 17.8 Å². The number of aryl methyl sites for hydroxylation is 1. The standard InChI is InChI=1S/C11H11N.C2H4/c1-2-9-3-4-11-8-12-6-5-10(11)7-9;1-2/h3-8H,2H2,1H3;1-2H2. The molecular formula is C13H15N. The van der Waals surface area contributed by atoms with E-state index < -0.39 is 0 Å². The number of hydrogen-bond donors (Lipinski definition) is 0. The maximum absolute atomic E-state index is 4.07. The van der Waals surface area contributed by atoms with Gasteiger partial charge in [-0.15, -0.1) is 13.2 Å². The van der Waals surface area contributed by atoms with Crippen LogP contribution in [-0.2, 0) is 6.42 Å². The summed E-state index contributed by atoms with van der Waals surface area (Å²) in [6, 6.07) is 8.55. The van der Waals surface area contributed by atoms with Crippen molar-refractivity contribution < 1.29 is 0 Å². The van der Waals surface area contributed by atoms with E-state index in [1.807, 2.05) is 12.4 Å². The van der Waals surface area contributed by atoms with Crippen LogP contribution in [0.3, 0.4) is 0 Å². The Morgan fingerprint density at radius 1 is 1.14 bits per heavy atom. The molecule has 0 aliphatic carbocycles. The predicted octanol–water partition coefficient (Wildman–Crippen LogP) is 3.60. The van der Waals surface area contributed by atoms with Crippen LogP contribution in [0.15, 0.2) is 49.8 Å². The van der Waals surface area contributed by atoms with Crippen molar-refractivity contribution in [2.24, 2.45) is 0 Å². The van der Waals surface area contributed by atoms with Gasteiger partial charge in [-0.25, -0.2) is 0 Å². The predicted molar refractivity (Wildman–Crippen MR) is 62.4 cm³/mol. The van der Waals surface area contributed by atoms with E-state index in [0.29, 0.717) is 0 Å². The van der Waals surface area contributed by atoms with Crippen molar-refractivity contribution in [3.63, 3.8) is 0 Å². The lowest BCUT2D eigenvalue weighted by atomic mass is 10.1. The first-order valence-corrected chi connectivity index (χ1v) is 4.73. The summed E-state index contributed by atoms with van der Waals surface area (Å²) in [5.74, 6) is 0. The summed E-state index contributed by atoms with van der Waals surface area (Å²) in [5, 5.41) is 2.50. The Kier molecular flexibility index (Phi) is 3.86. The van der Waals surface area contributed by atoms with Crippen molar-refractivity contribution >= 4 is 10.8 Å². The van der Waals surface area contributed by atoms with Gasteiger partial charge in [0.05, 0.1) is 0 Å². The third-order valence-corrected chi connectivity index (χ3v) is 2.11. The number of hydrogen-bond acceptors (Lipinski definition) is 1. The second-order valence-electron chi connectivity index (χ2n) is 2.91. The number of pyridine rings is 1. The van der Waals surface area contributed by atoms with E-state index in [0.717, 1.165) is 6.42 Å². The first-order valence-electron chi connectivity index (χ1n) is 4.73. The fourth-order valence-electron chi connectivity index (χ4n) is 1.35. The second kappa shape index (κ2) is 5.18. The van der Waals surface area contributed by atoms with E-state index >= 15 is 0 Å². The van der Waals surface area contributed by atoms with Crippen molar-refractivity contribution in [2.45, 2.75) is 13.3 Å². The fourth-order valence-corrected chi connectivity index (χ4v) is 1.35. The molecule has 1 heteroatoms. The highest BCUT2D eigenvalue weighted by atomic mass is 14.6. The molecule has 1 aromatic heterocycles. The van der Waals surface area contributed by atoms with E-state index in [2.05, 4.69) is 49.3 Å². The molecule has 0 atom stereocenters. The van der Waals surface area contributed by atoms with Crippen LogP contribution in [0.5, 0.6) is 0 Å². The van der Waals surface area contributed by atoms with Gasteiger partial charge >= 0.3 is 0 Å². The van der Waals surface area contributed by atoms with Crippen LogP contribution < -0.4 is 0 Å². The molecule has 0 unspecified atom stereocenters. The Bertz CT molecular complexity index is 407.